The van der Waals surface area contributed by atoms with Crippen LogP contribution in [0, 0.1) is 5.92 Å². The molecule has 2 atom stereocenters. The van der Waals surface area contributed by atoms with Gasteiger partial charge in [-0.25, -0.2) is 4.98 Å². The zero-order valence-corrected chi connectivity index (χ0v) is 14.1. The van der Waals surface area contributed by atoms with Crippen LogP contribution >= 0.6 is 0 Å². The second-order valence-corrected chi connectivity index (χ2v) is 6.65. The molecular weight excluding hydrogens is 316 g/mol. The van der Waals surface area contributed by atoms with Crippen molar-refractivity contribution in [3.8, 4) is 5.75 Å². The third-order valence-corrected chi connectivity index (χ3v) is 4.88. The predicted octanol–water partition coefficient (Wildman–Crippen LogP) is 1.81. The zero-order valence-electron chi connectivity index (χ0n) is 14.1. The van der Waals surface area contributed by atoms with Crippen LogP contribution in [0.3, 0.4) is 0 Å². The van der Waals surface area contributed by atoms with Crippen molar-refractivity contribution in [1.82, 2.24) is 15.3 Å². The summed E-state index contributed by atoms with van der Waals surface area (Å²) in [5.41, 5.74) is 1.22. The second kappa shape index (κ2) is 7.09. The van der Waals surface area contributed by atoms with Crippen molar-refractivity contribution < 1.29 is 9.53 Å². The van der Waals surface area contributed by atoms with E-state index in [1.807, 2.05) is 18.2 Å². The maximum Gasteiger partial charge on any atom is 0.225 e. The summed E-state index contributed by atoms with van der Waals surface area (Å²) in [6.07, 6.45) is 7.89. The van der Waals surface area contributed by atoms with E-state index in [1.54, 1.807) is 18.6 Å². The Labute approximate surface area is 147 Å². The standard InChI is InChI=1S/C19H22N4O2/c24-19(22-11-16-10-14-4-1-2-6-17(14)25-16)15-5-3-9-23(13-15)18-12-20-7-8-21-18/h1-2,4,6-8,12,15-16H,3,5,9-11,13H2,(H,22,24)/t15-,16+/m0/s1. The molecule has 2 aliphatic rings. The van der Waals surface area contributed by atoms with Gasteiger partial charge in [0.25, 0.3) is 0 Å². The number of nitrogens with zero attached hydrogens (tertiary/aromatic N) is 3. The Morgan fingerprint density at radius 3 is 3.08 bits per heavy atom. The van der Waals surface area contributed by atoms with Gasteiger partial charge in [-0.1, -0.05) is 18.2 Å². The molecule has 130 valence electrons. The average molecular weight is 338 g/mol. The summed E-state index contributed by atoms with van der Waals surface area (Å²) in [7, 11) is 0. The number of anilines is 1. The molecule has 0 spiro atoms. The van der Waals surface area contributed by atoms with Gasteiger partial charge in [-0.3, -0.25) is 9.78 Å². The molecule has 1 aromatic carbocycles. The minimum Gasteiger partial charge on any atom is -0.488 e. The number of piperidine rings is 1. The van der Waals surface area contributed by atoms with Gasteiger partial charge >= 0.3 is 0 Å². The number of fused-ring (bicyclic) bond motifs is 1. The molecule has 0 aliphatic carbocycles. The molecule has 25 heavy (non-hydrogen) atoms. The highest BCUT2D eigenvalue weighted by atomic mass is 16.5. The fourth-order valence-corrected chi connectivity index (χ4v) is 3.58. The summed E-state index contributed by atoms with van der Waals surface area (Å²) < 4.78 is 5.89. The molecule has 0 radical (unpaired) electrons. The van der Waals surface area contributed by atoms with Gasteiger partial charge in [0.05, 0.1) is 18.7 Å². The van der Waals surface area contributed by atoms with Crippen LogP contribution in [0.5, 0.6) is 5.75 Å². The summed E-state index contributed by atoms with van der Waals surface area (Å²) in [5, 5.41) is 3.07. The van der Waals surface area contributed by atoms with Crippen LogP contribution < -0.4 is 15.0 Å². The Bertz CT molecular complexity index is 712. The van der Waals surface area contributed by atoms with Crippen molar-refractivity contribution in [3.05, 3.63) is 48.4 Å². The first-order valence-electron chi connectivity index (χ1n) is 8.83. The largest absolute Gasteiger partial charge is 0.488 e. The molecule has 0 bridgehead atoms. The molecule has 0 saturated carbocycles. The van der Waals surface area contributed by atoms with Gasteiger partial charge in [0, 0.05) is 31.9 Å². The van der Waals surface area contributed by atoms with Crippen LogP contribution in [0.1, 0.15) is 18.4 Å². The number of hydrogen-bond donors (Lipinski definition) is 1. The number of ether oxygens (including phenoxy) is 1. The van der Waals surface area contributed by atoms with Crippen LogP contribution in [-0.4, -0.2) is 41.6 Å². The summed E-state index contributed by atoms with van der Waals surface area (Å²) in [4.78, 5) is 23.2. The number of nitrogens with one attached hydrogen (secondary N) is 1. The Morgan fingerprint density at radius 1 is 1.32 bits per heavy atom. The van der Waals surface area contributed by atoms with E-state index in [2.05, 4.69) is 26.3 Å². The first-order valence-corrected chi connectivity index (χ1v) is 8.83. The Morgan fingerprint density at radius 2 is 2.24 bits per heavy atom. The van der Waals surface area contributed by atoms with E-state index in [0.29, 0.717) is 13.1 Å². The quantitative estimate of drug-likeness (QED) is 0.921. The van der Waals surface area contributed by atoms with Crippen LogP contribution in [0.15, 0.2) is 42.9 Å². The van der Waals surface area contributed by atoms with Crippen molar-refractivity contribution in [2.24, 2.45) is 5.92 Å². The van der Waals surface area contributed by atoms with Crippen molar-refractivity contribution >= 4 is 11.7 Å². The highest BCUT2D eigenvalue weighted by Gasteiger charge is 2.28. The normalized spacial score (nSPS) is 22.2. The molecule has 2 aliphatic heterocycles. The number of hydrogen-bond acceptors (Lipinski definition) is 5. The van der Waals surface area contributed by atoms with Crippen molar-refractivity contribution in [2.45, 2.75) is 25.4 Å². The Kier molecular flexibility index (Phi) is 4.50. The molecule has 4 rings (SSSR count). The lowest BCUT2D eigenvalue weighted by molar-refractivity contribution is -0.125. The van der Waals surface area contributed by atoms with E-state index < -0.39 is 0 Å². The van der Waals surface area contributed by atoms with Gasteiger partial charge < -0.3 is 15.0 Å². The molecule has 1 aromatic heterocycles. The Hall–Kier alpha value is -2.63. The molecule has 0 unspecified atom stereocenters. The fraction of sp³-hybridized carbons (Fsp3) is 0.421. The van der Waals surface area contributed by atoms with E-state index in [-0.39, 0.29) is 17.9 Å². The van der Waals surface area contributed by atoms with Gasteiger partial charge in [0.15, 0.2) is 0 Å². The third-order valence-electron chi connectivity index (χ3n) is 4.88. The second-order valence-electron chi connectivity index (χ2n) is 6.65. The van der Waals surface area contributed by atoms with E-state index in [4.69, 9.17) is 4.74 Å². The molecule has 1 saturated heterocycles. The summed E-state index contributed by atoms with van der Waals surface area (Å²) in [6, 6.07) is 8.06. The maximum atomic E-state index is 12.6. The molecule has 3 heterocycles. The average Bonchev–Trinajstić information content (AvgIpc) is 3.10. The van der Waals surface area contributed by atoms with E-state index in [1.165, 1.54) is 5.56 Å². The molecule has 1 amide bonds. The van der Waals surface area contributed by atoms with E-state index in [0.717, 1.165) is 37.4 Å². The highest BCUT2D eigenvalue weighted by Crippen LogP contribution is 2.28. The molecule has 1 N–H and O–H groups in total. The number of rotatable bonds is 4. The van der Waals surface area contributed by atoms with Gasteiger partial charge in [-0.15, -0.1) is 0 Å². The summed E-state index contributed by atoms with van der Waals surface area (Å²) in [5.74, 6) is 1.87. The van der Waals surface area contributed by atoms with E-state index >= 15 is 0 Å². The first kappa shape index (κ1) is 15.9. The molecule has 6 heteroatoms. The molecular formula is C19H22N4O2. The van der Waals surface area contributed by atoms with Crippen molar-refractivity contribution in [2.75, 3.05) is 24.5 Å². The van der Waals surface area contributed by atoms with Crippen LogP contribution in [0.4, 0.5) is 5.82 Å². The number of para-hydroxylation sites is 1. The van der Waals surface area contributed by atoms with E-state index in [9.17, 15) is 4.79 Å². The number of carbonyl (C=O) groups is 1. The van der Waals surface area contributed by atoms with Crippen molar-refractivity contribution in [1.29, 1.82) is 0 Å². The van der Waals surface area contributed by atoms with Gasteiger partial charge in [-0.2, -0.15) is 0 Å². The SMILES string of the molecule is O=C(NC[C@H]1Cc2ccccc2O1)[C@H]1CCCN(c2cnccn2)C1. The molecule has 6 nitrogen and oxygen atoms in total. The molecule has 2 aromatic rings. The maximum absolute atomic E-state index is 12.6. The first-order chi connectivity index (χ1) is 12.3. The van der Waals surface area contributed by atoms with Crippen molar-refractivity contribution in [3.63, 3.8) is 0 Å². The minimum absolute atomic E-state index is 0.0143. The lowest BCUT2D eigenvalue weighted by Crippen LogP contribution is -2.45. The summed E-state index contributed by atoms with van der Waals surface area (Å²) >= 11 is 0. The lowest BCUT2D eigenvalue weighted by Gasteiger charge is -2.32. The monoisotopic (exact) mass is 338 g/mol. The minimum atomic E-state index is -0.0143. The van der Waals surface area contributed by atoms with Gasteiger partial charge in [-0.05, 0) is 24.5 Å². The van der Waals surface area contributed by atoms with Gasteiger partial charge in [0.1, 0.15) is 17.7 Å². The highest BCUT2D eigenvalue weighted by molar-refractivity contribution is 5.79. The number of benzene rings is 1. The van der Waals surface area contributed by atoms with Crippen LogP contribution in [0.25, 0.3) is 0 Å². The number of amides is 1. The third kappa shape index (κ3) is 3.57. The molecule has 1 fully saturated rings. The van der Waals surface area contributed by atoms with Gasteiger partial charge in [0.2, 0.25) is 5.91 Å². The lowest BCUT2D eigenvalue weighted by atomic mass is 9.97. The van der Waals surface area contributed by atoms with Crippen LogP contribution in [-0.2, 0) is 11.2 Å². The summed E-state index contributed by atoms with van der Waals surface area (Å²) in [6.45, 7) is 2.16. The predicted molar refractivity (Wildman–Crippen MR) is 94.5 cm³/mol. The fourth-order valence-electron chi connectivity index (χ4n) is 3.58. The number of aromatic nitrogens is 2. The Balaban J connectivity index is 1.30. The number of carbonyl (C=O) groups excluding carboxylic acids is 1. The van der Waals surface area contributed by atoms with Crippen LogP contribution in [0.2, 0.25) is 0 Å². The zero-order chi connectivity index (χ0) is 17.1. The smallest absolute Gasteiger partial charge is 0.225 e. The topological polar surface area (TPSA) is 67.3 Å².